The van der Waals surface area contributed by atoms with Crippen LogP contribution in [-0.4, -0.2) is 23.0 Å². The van der Waals surface area contributed by atoms with Gasteiger partial charge in [0.2, 0.25) is 0 Å². The van der Waals surface area contributed by atoms with Crippen LogP contribution in [0.15, 0.2) is 18.2 Å². The Morgan fingerprint density at radius 2 is 2.06 bits per heavy atom. The number of hydrogen-bond acceptors (Lipinski definition) is 1. The highest BCUT2D eigenvalue weighted by molar-refractivity contribution is 5.58. The molecule has 0 spiro atoms. The van der Waals surface area contributed by atoms with E-state index >= 15 is 0 Å². The van der Waals surface area contributed by atoms with E-state index in [4.69, 9.17) is 0 Å². The maximum absolute atomic E-state index is 3.59. The van der Waals surface area contributed by atoms with Crippen LogP contribution in [0, 0.1) is 0 Å². The number of nitrogens with zero attached hydrogens (tertiary/aromatic N) is 1. The Morgan fingerprint density at radius 1 is 1.22 bits per heavy atom. The van der Waals surface area contributed by atoms with Crippen molar-refractivity contribution in [2.45, 2.75) is 40.2 Å². The Hall–Kier alpha value is -1.28. The minimum atomic E-state index is 1.08. The van der Waals surface area contributed by atoms with Gasteiger partial charge in [-0.1, -0.05) is 39.0 Å². The van der Waals surface area contributed by atoms with Crippen LogP contribution >= 0.6 is 0 Å². The molecule has 0 fully saturated rings. The van der Waals surface area contributed by atoms with E-state index in [0.717, 1.165) is 19.5 Å². The molecule has 0 bridgehead atoms. The topological polar surface area (TPSA) is 19.0 Å². The SMILES string of the molecule is CC.CCN1CCc2c([nH]c3c2CC=CC=C3)C1. The molecule has 3 rings (SSSR count). The molecule has 2 heteroatoms. The van der Waals surface area contributed by atoms with Gasteiger partial charge < -0.3 is 4.98 Å². The molecular weight excluding hydrogens is 220 g/mol. The van der Waals surface area contributed by atoms with Crippen molar-refractivity contribution in [1.82, 2.24) is 9.88 Å². The fraction of sp³-hybridized carbons (Fsp3) is 0.500. The van der Waals surface area contributed by atoms with E-state index in [1.807, 2.05) is 13.8 Å². The molecule has 0 saturated heterocycles. The Balaban J connectivity index is 0.000000574. The van der Waals surface area contributed by atoms with Crippen LogP contribution in [0.2, 0.25) is 0 Å². The normalized spacial score (nSPS) is 17.5. The molecule has 2 heterocycles. The van der Waals surface area contributed by atoms with Gasteiger partial charge in [-0.3, -0.25) is 4.90 Å². The van der Waals surface area contributed by atoms with Crippen molar-refractivity contribution in [3.8, 4) is 0 Å². The number of likely N-dealkylation sites (N-methyl/N-ethyl adjacent to an activating group) is 1. The first-order valence-electron chi connectivity index (χ1n) is 7.16. The van der Waals surface area contributed by atoms with Gasteiger partial charge in [0.05, 0.1) is 0 Å². The third kappa shape index (κ3) is 2.44. The second kappa shape index (κ2) is 6.05. The van der Waals surface area contributed by atoms with Crippen LogP contribution in [0.25, 0.3) is 6.08 Å². The fourth-order valence-corrected chi connectivity index (χ4v) is 2.73. The molecule has 1 aliphatic heterocycles. The Morgan fingerprint density at radius 3 is 2.83 bits per heavy atom. The number of allylic oxidation sites excluding steroid dienone is 3. The van der Waals surface area contributed by atoms with E-state index in [1.54, 1.807) is 5.56 Å². The largest absolute Gasteiger partial charge is 0.357 e. The molecule has 0 saturated carbocycles. The molecule has 0 amide bonds. The second-order valence-electron chi connectivity index (χ2n) is 4.58. The lowest BCUT2D eigenvalue weighted by molar-refractivity contribution is 0.265. The van der Waals surface area contributed by atoms with E-state index in [9.17, 15) is 0 Å². The molecule has 2 nitrogen and oxygen atoms in total. The van der Waals surface area contributed by atoms with Gasteiger partial charge in [-0.25, -0.2) is 0 Å². The number of aromatic amines is 1. The fourth-order valence-electron chi connectivity index (χ4n) is 2.73. The summed E-state index contributed by atoms with van der Waals surface area (Å²) in [6, 6.07) is 0. The quantitative estimate of drug-likeness (QED) is 0.800. The summed E-state index contributed by atoms with van der Waals surface area (Å²) in [6.45, 7) is 9.69. The van der Waals surface area contributed by atoms with Crippen molar-refractivity contribution in [3.05, 3.63) is 40.7 Å². The molecule has 1 aromatic heterocycles. The van der Waals surface area contributed by atoms with Crippen LogP contribution in [-0.2, 0) is 19.4 Å². The Bertz CT molecular complexity index is 452. The molecule has 0 atom stereocenters. The van der Waals surface area contributed by atoms with Crippen molar-refractivity contribution in [1.29, 1.82) is 0 Å². The standard InChI is InChI=1S/C14H18N2.C2H6/c1-2-16-9-8-12-11-6-4-3-5-7-13(11)15-14(12)10-16;1-2/h3-5,7,15H,2,6,8-10H2,1H3;1-2H3. The van der Waals surface area contributed by atoms with Gasteiger partial charge in [0.15, 0.2) is 0 Å². The average Bonchev–Trinajstić information content (AvgIpc) is 2.61. The molecule has 0 aromatic carbocycles. The third-order valence-electron chi connectivity index (χ3n) is 3.68. The second-order valence-corrected chi connectivity index (χ2v) is 4.58. The highest BCUT2D eigenvalue weighted by Crippen LogP contribution is 2.27. The van der Waals surface area contributed by atoms with Gasteiger partial charge in [-0.05, 0) is 36.6 Å². The monoisotopic (exact) mass is 244 g/mol. The van der Waals surface area contributed by atoms with Crippen LogP contribution in [0.3, 0.4) is 0 Å². The van der Waals surface area contributed by atoms with Gasteiger partial charge >= 0.3 is 0 Å². The van der Waals surface area contributed by atoms with E-state index < -0.39 is 0 Å². The van der Waals surface area contributed by atoms with Crippen molar-refractivity contribution in [2.24, 2.45) is 0 Å². The van der Waals surface area contributed by atoms with Gasteiger partial charge in [0, 0.05) is 24.5 Å². The summed E-state index contributed by atoms with van der Waals surface area (Å²) in [6.07, 6.45) is 11.0. The average molecular weight is 244 g/mol. The zero-order valence-electron chi connectivity index (χ0n) is 11.8. The summed E-state index contributed by atoms with van der Waals surface area (Å²) >= 11 is 0. The lowest BCUT2D eigenvalue weighted by atomic mass is 9.99. The van der Waals surface area contributed by atoms with Crippen molar-refractivity contribution in [3.63, 3.8) is 0 Å². The van der Waals surface area contributed by atoms with Gasteiger partial charge in [-0.2, -0.15) is 0 Å². The van der Waals surface area contributed by atoms with Gasteiger partial charge in [-0.15, -0.1) is 0 Å². The van der Waals surface area contributed by atoms with Crippen LogP contribution in [0.1, 0.15) is 43.3 Å². The van der Waals surface area contributed by atoms with E-state index in [0.29, 0.717) is 0 Å². The zero-order chi connectivity index (χ0) is 13.0. The van der Waals surface area contributed by atoms with Crippen molar-refractivity contribution in [2.75, 3.05) is 13.1 Å². The Labute approximate surface area is 110 Å². The predicted octanol–water partition coefficient (Wildman–Crippen LogP) is 3.54. The minimum Gasteiger partial charge on any atom is -0.357 e. The summed E-state index contributed by atoms with van der Waals surface area (Å²) < 4.78 is 0. The zero-order valence-corrected chi connectivity index (χ0v) is 11.8. The number of hydrogen-bond donors (Lipinski definition) is 1. The summed E-state index contributed by atoms with van der Waals surface area (Å²) in [4.78, 5) is 6.09. The lowest BCUT2D eigenvalue weighted by Crippen LogP contribution is -2.30. The lowest BCUT2D eigenvalue weighted by Gasteiger charge is -2.25. The molecule has 1 aliphatic carbocycles. The maximum atomic E-state index is 3.59. The van der Waals surface area contributed by atoms with Crippen molar-refractivity contribution >= 4 is 6.08 Å². The number of fused-ring (bicyclic) bond motifs is 3. The molecular formula is C16H24N2. The smallest absolute Gasteiger partial charge is 0.0421 e. The van der Waals surface area contributed by atoms with Gasteiger partial charge in [0.1, 0.15) is 0 Å². The van der Waals surface area contributed by atoms with Crippen LogP contribution < -0.4 is 0 Å². The third-order valence-corrected chi connectivity index (χ3v) is 3.68. The number of H-pyrrole nitrogens is 1. The van der Waals surface area contributed by atoms with Gasteiger partial charge in [0.25, 0.3) is 0 Å². The minimum absolute atomic E-state index is 1.08. The summed E-state index contributed by atoms with van der Waals surface area (Å²) in [5.74, 6) is 0. The van der Waals surface area contributed by atoms with E-state index in [2.05, 4.69) is 41.1 Å². The molecule has 18 heavy (non-hydrogen) atoms. The van der Waals surface area contributed by atoms with Crippen LogP contribution in [0.5, 0.6) is 0 Å². The molecule has 1 aromatic rings. The number of aromatic nitrogens is 1. The van der Waals surface area contributed by atoms with Crippen LogP contribution in [0.4, 0.5) is 0 Å². The summed E-state index contributed by atoms with van der Waals surface area (Å²) in [7, 11) is 0. The summed E-state index contributed by atoms with van der Waals surface area (Å²) in [5, 5.41) is 0. The van der Waals surface area contributed by atoms with E-state index in [1.165, 1.54) is 29.9 Å². The molecule has 0 radical (unpaired) electrons. The molecule has 0 unspecified atom stereocenters. The molecule has 1 N–H and O–H groups in total. The first kappa shape index (κ1) is 13.2. The maximum Gasteiger partial charge on any atom is 0.0421 e. The summed E-state index contributed by atoms with van der Waals surface area (Å²) in [5.41, 5.74) is 5.87. The first-order valence-corrected chi connectivity index (χ1v) is 7.16. The van der Waals surface area contributed by atoms with Crippen molar-refractivity contribution < 1.29 is 0 Å². The first-order chi connectivity index (χ1) is 8.88. The Kier molecular flexibility index (Phi) is 4.43. The highest BCUT2D eigenvalue weighted by atomic mass is 15.1. The molecule has 98 valence electrons. The highest BCUT2D eigenvalue weighted by Gasteiger charge is 2.21. The molecule has 2 aliphatic rings. The number of rotatable bonds is 1. The van der Waals surface area contributed by atoms with E-state index in [-0.39, 0.29) is 0 Å². The number of nitrogens with one attached hydrogen (secondary N) is 1. The predicted molar refractivity (Wildman–Crippen MR) is 78.7 cm³/mol.